The highest BCUT2D eigenvalue weighted by atomic mass is 32.1. The zero-order valence-electron chi connectivity index (χ0n) is 17.7. The van der Waals surface area contributed by atoms with Crippen LogP contribution in [0.4, 0.5) is 10.1 Å². The number of benzene rings is 2. The highest BCUT2D eigenvalue weighted by Gasteiger charge is 2.15. The summed E-state index contributed by atoms with van der Waals surface area (Å²) < 4.78 is 13.3. The lowest BCUT2D eigenvalue weighted by molar-refractivity contribution is 0.417. The van der Waals surface area contributed by atoms with Gasteiger partial charge in [-0.05, 0) is 86.6 Å². The molecule has 4 aromatic rings. The van der Waals surface area contributed by atoms with Crippen LogP contribution in [0.5, 0.6) is 0 Å². The molecule has 0 aliphatic heterocycles. The van der Waals surface area contributed by atoms with E-state index in [2.05, 4.69) is 52.2 Å². The first-order valence-electron chi connectivity index (χ1n) is 10.3. The Kier molecular flexibility index (Phi) is 6.28. The molecule has 0 unspecified atom stereocenters. The van der Waals surface area contributed by atoms with Crippen LogP contribution in [0.2, 0.25) is 0 Å². The SMILES string of the molecule is Cc1ccc2[nH]c(C)c(CCN(Cc3ccccn3)C(=S)Nc3ccc(F)cc3)c2c1. The minimum Gasteiger partial charge on any atom is -0.358 e. The molecule has 0 bridgehead atoms. The fourth-order valence-corrected chi connectivity index (χ4v) is 4.01. The molecule has 2 aromatic heterocycles. The number of fused-ring (bicyclic) bond motifs is 1. The molecule has 2 heterocycles. The molecule has 0 amide bonds. The van der Waals surface area contributed by atoms with Gasteiger partial charge in [0.15, 0.2) is 5.11 Å². The number of H-pyrrole nitrogens is 1. The van der Waals surface area contributed by atoms with E-state index in [1.807, 2.05) is 18.2 Å². The zero-order chi connectivity index (χ0) is 21.8. The van der Waals surface area contributed by atoms with Crippen LogP contribution in [-0.4, -0.2) is 26.5 Å². The van der Waals surface area contributed by atoms with Gasteiger partial charge >= 0.3 is 0 Å². The third-order valence-corrected chi connectivity index (χ3v) is 5.73. The number of nitrogens with one attached hydrogen (secondary N) is 2. The first-order chi connectivity index (χ1) is 15.0. The van der Waals surface area contributed by atoms with Crippen LogP contribution >= 0.6 is 12.2 Å². The maximum atomic E-state index is 13.3. The van der Waals surface area contributed by atoms with Crippen LogP contribution in [0.25, 0.3) is 10.9 Å². The molecule has 31 heavy (non-hydrogen) atoms. The first-order valence-corrected chi connectivity index (χ1v) is 10.7. The molecule has 2 N–H and O–H groups in total. The Bertz CT molecular complexity index is 1190. The highest BCUT2D eigenvalue weighted by Crippen LogP contribution is 2.24. The smallest absolute Gasteiger partial charge is 0.173 e. The van der Waals surface area contributed by atoms with Crippen molar-refractivity contribution in [3.05, 3.63) is 95.2 Å². The topological polar surface area (TPSA) is 44.0 Å². The van der Waals surface area contributed by atoms with Crippen LogP contribution in [0.15, 0.2) is 66.9 Å². The number of aromatic nitrogens is 2. The summed E-state index contributed by atoms with van der Waals surface area (Å²) in [5, 5.41) is 5.08. The summed E-state index contributed by atoms with van der Waals surface area (Å²) >= 11 is 5.72. The maximum Gasteiger partial charge on any atom is 0.173 e. The Morgan fingerprint density at radius 2 is 1.90 bits per heavy atom. The number of anilines is 1. The zero-order valence-corrected chi connectivity index (χ0v) is 18.5. The van der Waals surface area contributed by atoms with Crippen molar-refractivity contribution in [2.75, 3.05) is 11.9 Å². The van der Waals surface area contributed by atoms with Crippen LogP contribution < -0.4 is 5.32 Å². The molecule has 4 nitrogen and oxygen atoms in total. The molecule has 0 aliphatic carbocycles. The molecule has 0 saturated carbocycles. The van der Waals surface area contributed by atoms with Crippen LogP contribution in [0.1, 0.15) is 22.5 Å². The minimum absolute atomic E-state index is 0.271. The number of halogens is 1. The standard InChI is InChI=1S/C25H25FN4S/c1-17-6-11-24-23(15-17)22(18(2)28-24)12-14-30(16-21-5-3-4-13-27-21)25(31)29-20-9-7-19(26)8-10-20/h3-11,13,15,28H,12,14,16H2,1-2H3,(H,29,31). The molecule has 2 aromatic carbocycles. The van der Waals surface area contributed by atoms with Gasteiger partial charge in [0.1, 0.15) is 5.82 Å². The Balaban J connectivity index is 1.55. The Morgan fingerprint density at radius 1 is 1.10 bits per heavy atom. The van der Waals surface area contributed by atoms with Gasteiger partial charge in [-0.3, -0.25) is 4.98 Å². The van der Waals surface area contributed by atoms with Crippen molar-refractivity contribution in [3.63, 3.8) is 0 Å². The van der Waals surface area contributed by atoms with E-state index in [0.29, 0.717) is 11.7 Å². The van der Waals surface area contributed by atoms with Crippen molar-refractivity contribution in [2.45, 2.75) is 26.8 Å². The fraction of sp³-hybridized carbons (Fsp3) is 0.200. The van der Waals surface area contributed by atoms with Gasteiger partial charge in [0.25, 0.3) is 0 Å². The quantitative estimate of drug-likeness (QED) is 0.380. The monoisotopic (exact) mass is 432 g/mol. The van der Waals surface area contributed by atoms with Crippen LogP contribution in [0.3, 0.4) is 0 Å². The summed E-state index contributed by atoms with van der Waals surface area (Å²) in [5.41, 5.74) is 6.58. The van der Waals surface area contributed by atoms with E-state index in [-0.39, 0.29) is 5.82 Å². The molecule has 0 radical (unpaired) electrons. The number of hydrogen-bond donors (Lipinski definition) is 2. The van der Waals surface area contributed by atoms with Crippen molar-refractivity contribution in [3.8, 4) is 0 Å². The molecule has 6 heteroatoms. The van der Waals surface area contributed by atoms with E-state index >= 15 is 0 Å². The number of rotatable bonds is 6. The van der Waals surface area contributed by atoms with E-state index in [4.69, 9.17) is 12.2 Å². The molecule has 0 aliphatic rings. The van der Waals surface area contributed by atoms with Crippen molar-refractivity contribution >= 4 is 33.9 Å². The second-order valence-electron chi connectivity index (χ2n) is 7.71. The Labute approximate surface area is 187 Å². The van der Waals surface area contributed by atoms with Crippen molar-refractivity contribution in [2.24, 2.45) is 0 Å². The summed E-state index contributed by atoms with van der Waals surface area (Å²) in [6.07, 6.45) is 2.63. The van der Waals surface area contributed by atoms with E-state index in [0.717, 1.165) is 29.9 Å². The van der Waals surface area contributed by atoms with Gasteiger partial charge in [-0.15, -0.1) is 0 Å². The van der Waals surface area contributed by atoms with Gasteiger partial charge < -0.3 is 15.2 Å². The fourth-order valence-electron chi connectivity index (χ4n) is 3.74. The minimum atomic E-state index is -0.271. The third kappa shape index (κ3) is 5.09. The second kappa shape index (κ2) is 9.27. The molecular formula is C25H25FN4S. The number of aryl methyl sites for hydroxylation is 2. The number of nitrogens with zero attached hydrogens (tertiary/aromatic N) is 2. The lowest BCUT2D eigenvalue weighted by Crippen LogP contribution is -2.36. The lowest BCUT2D eigenvalue weighted by atomic mass is 10.1. The van der Waals surface area contributed by atoms with E-state index in [1.165, 1.54) is 34.3 Å². The molecule has 0 fully saturated rings. The average Bonchev–Trinajstić information content (AvgIpc) is 3.07. The largest absolute Gasteiger partial charge is 0.358 e. The summed E-state index contributed by atoms with van der Waals surface area (Å²) in [7, 11) is 0. The predicted molar refractivity (Wildman–Crippen MR) is 129 cm³/mol. The number of pyridine rings is 1. The second-order valence-corrected chi connectivity index (χ2v) is 8.09. The maximum absolute atomic E-state index is 13.3. The molecule has 0 atom stereocenters. The summed E-state index contributed by atoms with van der Waals surface area (Å²) in [4.78, 5) is 10.1. The van der Waals surface area contributed by atoms with Gasteiger partial charge in [-0.25, -0.2) is 4.39 Å². The highest BCUT2D eigenvalue weighted by molar-refractivity contribution is 7.80. The van der Waals surface area contributed by atoms with Crippen molar-refractivity contribution < 1.29 is 4.39 Å². The predicted octanol–water partition coefficient (Wildman–Crippen LogP) is 5.76. The van der Waals surface area contributed by atoms with Gasteiger partial charge in [-0.2, -0.15) is 0 Å². The van der Waals surface area contributed by atoms with E-state index < -0.39 is 0 Å². The van der Waals surface area contributed by atoms with E-state index in [1.54, 1.807) is 18.3 Å². The summed E-state index contributed by atoms with van der Waals surface area (Å²) in [5.74, 6) is -0.271. The van der Waals surface area contributed by atoms with Crippen LogP contribution in [0, 0.1) is 19.7 Å². The van der Waals surface area contributed by atoms with Gasteiger partial charge in [0, 0.05) is 35.0 Å². The van der Waals surface area contributed by atoms with E-state index in [9.17, 15) is 4.39 Å². The normalized spacial score (nSPS) is 10.9. The molecule has 158 valence electrons. The van der Waals surface area contributed by atoms with Crippen molar-refractivity contribution in [1.29, 1.82) is 0 Å². The molecule has 4 rings (SSSR count). The number of hydrogen-bond acceptors (Lipinski definition) is 2. The van der Waals surface area contributed by atoms with Crippen LogP contribution in [-0.2, 0) is 13.0 Å². The average molecular weight is 433 g/mol. The number of thiocarbonyl (C=S) groups is 1. The molecule has 0 spiro atoms. The number of aromatic amines is 1. The lowest BCUT2D eigenvalue weighted by Gasteiger charge is -2.26. The first kappa shape index (κ1) is 21.0. The Morgan fingerprint density at radius 3 is 2.65 bits per heavy atom. The molecular weight excluding hydrogens is 407 g/mol. The third-order valence-electron chi connectivity index (χ3n) is 5.37. The van der Waals surface area contributed by atoms with Crippen molar-refractivity contribution in [1.82, 2.24) is 14.9 Å². The molecule has 0 saturated heterocycles. The van der Waals surface area contributed by atoms with Gasteiger partial charge in [0.05, 0.1) is 12.2 Å². The van der Waals surface area contributed by atoms with Gasteiger partial charge in [0.2, 0.25) is 0 Å². The Hall–Kier alpha value is -3.25. The summed E-state index contributed by atoms with van der Waals surface area (Å²) in [6, 6.07) is 18.6. The van der Waals surface area contributed by atoms with Gasteiger partial charge in [-0.1, -0.05) is 17.7 Å². The summed E-state index contributed by atoms with van der Waals surface area (Å²) in [6.45, 7) is 5.54.